The van der Waals surface area contributed by atoms with Gasteiger partial charge < -0.3 is 10.4 Å². The molecule has 0 bridgehead atoms. The summed E-state index contributed by atoms with van der Waals surface area (Å²) in [5.41, 5.74) is 5.67. The molecule has 144 valence electrons. The first-order valence-corrected chi connectivity index (χ1v) is 9.89. The highest BCUT2D eigenvalue weighted by Gasteiger charge is 2.17. The molecule has 1 aromatic heterocycles. The Hall–Kier alpha value is -3.04. The van der Waals surface area contributed by atoms with Crippen molar-refractivity contribution < 1.29 is 9.90 Å². The lowest BCUT2D eigenvalue weighted by Gasteiger charge is -2.10. The second kappa shape index (κ2) is 9.77. The number of carbonyl (C=O) groups is 1. The van der Waals surface area contributed by atoms with Crippen molar-refractivity contribution in [2.75, 3.05) is 12.3 Å². The second-order valence-corrected chi connectivity index (χ2v) is 7.22. The van der Waals surface area contributed by atoms with Crippen molar-refractivity contribution in [3.05, 3.63) is 72.6 Å². The summed E-state index contributed by atoms with van der Waals surface area (Å²) in [5, 5.41) is 17.4. The van der Waals surface area contributed by atoms with Gasteiger partial charge in [0.2, 0.25) is 0 Å². The summed E-state index contributed by atoms with van der Waals surface area (Å²) in [5.74, 6) is 0.0125. The van der Waals surface area contributed by atoms with Gasteiger partial charge >= 0.3 is 0 Å². The van der Waals surface area contributed by atoms with E-state index in [0.717, 1.165) is 11.4 Å². The van der Waals surface area contributed by atoms with Gasteiger partial charge in [0.05, 0.1) is 11.9 Å². The Labute approximate surface area is 172 Å². The zero-order chi connectivity index (χ0) is 19.8. The van der Waals surface area contributed by atoms with Crippen LogP contribution in [-0.2, 0) is 0 Å². The van der Waals surface area contributed by atoms with Crippen LogP contribution in [-0.4, -0.2) is 38.2 Å². The Bertz CT molecular complexity index is 932. The van der Waals surface area contributed by atoms with Crippen LogP contribution >= 0.6 is 24.0 Å². The molecule has 0 spiro atoms. The normalized spacial score (nSPS) is 10.3. The third kappa shape index (κ3) is 5.48. The summed E-state index contributed by atoms with van der Waals surface area (Å²) in [6.07, 6.45) is 1.38. The molecular weight excluding hydrogens is 394 g/mol. The molecule has 1 heterocycles. The van der Waals surface area contributed by atoms with Gasteiger partial charge in [-0.2, -0.15) is 5.10 Å². The number of amides is 1. The number of carbonyl (C=O) groups excluding carboxylic acids is 1. The maximum absolute atomic E-state index is 12.2. The van der Waals surface area contributed by atoms with Crippen molar-refractivity contribution in [3.63, 3.8) is 0 Å². The summed E-state index contributed by atoms with van der Waals surface area (Å²) in [4.78, 5) is 13.4. The van der Waals surface area contributed by atoms with Crippen molar-refractivity contribution in [3.8, 4) is 11.4 Å². The summed E-state index contributed by atoms with van der Waals surface area (Å²) < 4.78 is 1.43. The monoisotopic (exact) mass is 413 g/mol. The van der Waals surface area contributed by atoms with Crippen LogP contribution < -0.4 is 16.2 Å². The van der Waals surface area contributed by atoms with Gasteiger partial charge in [0.25, 0.3) is 5.91 Å². The first-order chi connectivity index (χ1) is 13.6. The van der Waals surface area contributed by atoms with Crippen LogP contribution in [0.15, 0.2) is 71.8 Å². The standard InChI is InChI=1S/C19H19N5O2S2/c25-16-13-24(14-7-3-1-4-8-14)23-17(16)18(26)21-22-19(27)20-11-12-28-15-9-5-2-6-10-15/h1-10,13,25H,11-12H2,(H,21,26)(H2,20,22,27). The van der Waals surface area contributed by atoms with Gasteiger partial charge in [-0.15, -0.1) is 11.8 Å². The Morgan fingerprint density at radius 1 is 1.07 bits per heavy atom. The first-order valence-electron chi connectivity index (χ1n) is 8.49. The van der Waals surface area contributed by atoms with Crippen LogP contribution in [0, 0.1) is 0 Å². The van der Waals surface area contributed by atoms with Gasteiger partial charge in [0.1, 0.15) is 0 Å². The molecule has 2 aromatic carbocycles. The number of aromatic hydroxyl groups is 1. The van der Waals surface area contributed by atoms with Crippen molar-refractivity contribution >= 4 is 35.0 Å². The fourth-order valence-electron chi connectivity index (χ4n) is 2.31. The quantitative estimate of drug-likeness (QED) is 0.214. The lowest BCUT2D eigenvalue weighted by atomic mass is 10.3. The van der Waals surface area contributed by atoms with Crippen LogP contribution in [0.25, 0.3) is 5.69 Å². The molecule has 0 saturated heterocycles. The van der Waals surface area contributed by atoms with E-state index in [-0.39, 0.29) is 16.6 Å². The molecule has 4 N–H and O–H groups in total. The molecule has 0 saturated carbocycles. The lowest BCUT2D eigenvalue weighted by Crippen LogP contribution is -2.47. The zero-order valence-electron chi connectivity index (χ0n) is 14.8. The van der Waals surface area contributed by atoms with E-state index in [1.807, 2.05) is 60.7 Å². The van der Waals surface area contributed by atoms with Gasteiger partial charge in [-0.25, -0.2) is 4.68 Å². The Morgan fingerprint density at radius 2 is 1.75 bits per heavy atom. The molecule has 7 nitrogen and oxygen atoms in total. The largest absolute Gasteiger partial charge is 0.504 e. The minimum atomic E-state index is -0.588. The molecule has 28 heavy (non-hydrogen) atoms. The second-order valence-electron chi connectivity index (χ2n) is 5.64. The summed E-state index contributed by atoms with van der Waals surface area (Å²) in [6, 6.07) is 19.2. The molecule has 0 aliphatic carbocycles. The number of benzene rings is 2. The third-order valence-electron chi connectivity index (χ3n) is 3.62. The Kier molecular flexibility index (Phi) is 6.88. The van der Waals surface area contributed by atoms with E-state index in [0.29, 0.717) is 6.54 Å². The molecule has 0 fully saturated rings. The van der Waals surface area contributed by atoms with E-state index < -0.39 is 5.91 Å². The minimum absolute atomic E-state index is 0.0983. The average molecular weight is 414 g/mol. The van der Waals surface area contributed by atoms with Crippen molar-refractivity contribution in [1.29, 1.82) is 0 Å². The fourth-order valence-corrected chi connectivity index (χ4v) is 3.25. The Balaban J connectivity index is 1.43. The number of hydrogen-bond donors (Lipinski definition) is 4. The lowest BCUT2D eigenvalue weighted by molar-refractivity contribution is 0.0935. The molecule has 3 aromatic rings. The number of rotatable bonds is 6. The Morgan fingerprint density at radius 3 is 2.46 bits per heavy atom. The van der Waals surface area contributed by atoms with Crippen LogP contribution in [0.3, 0.4) is 0 Å². The number of nitrogens with zero attached hydrogens (tertiary/aromatic N) is 2. The predicted molar refractivity (Wildman–Crippen MR) is 114 cm³/mol. The summed E-state index contributed by atoms with van der Waals surface area (Å²) in [7, 11) is 0. The molecular formula is C19H19N5O2S2. The fraction of sp³-hybridized carbons (Fsp3) is 0.105. The molecule has 9 heteroatoms. The highest BCUT2D eigenvalue weighted by molar-refractivity contribution is 7.99. The maximum atomic E-state index is 12.2. The number of aromatic nitrogens is 2. The molecule has 1 amide bonds. The maximum Gasteiger partial charge on any atom is 0.294 e. The highest BCUT2D eigenvalue weighted by Crippen LogP contribution is 2.18. The topological polar surface area (TPSA) is 91.2 Å². The highest BCUT2D eigenvalue weighted by atomic mass is 32.2. The molecule has 0 aliphatic rings. The van der Waals surface area contributed by atoms with Crippen molar-refractivity contribution in [2.45, 2.75) is 4.90 Å². The molecule has 3 rings (SSSR count). The van der Waals surface area contributed by atoms with E-state index in [4.69, 9.17) is 12.2 Å². The number of hydrogen-bond acceptors (Lipinski definition) is 5. The molecule has 0 aliphatic heterocycles. The van der Waals surface area contributed by atoms with Crippen molar-refractivity contribution in [2.24, 2.45) is 0 Å². The van der Waals surface area contributed by atoms with E-state index in [1.165, 1.54) is 15.8 Å². The smallest absolute Gasteiger partial charge is 0.294 e. The number of thiocarbonyl (C=S) groups is 1. The third-order valence-corrected chi connectivity index (χ3v) is 4.88. The molecule has 0 atom stereocenters. The van der Waals surface area contributed by atoms with Gasteiger partial charge in [0.15, 0.2) is 16.6 Å². The number of hydrazine groups is 1. The average Bonchev–Trinajstić information content (AvgIpc) is 3.12. The minimum Gasteiger partial charge on any atom is -0.504 e. The van der Waals surface area contributed by atoms with Gasteiger partial charge in [-0.3, -0.25) is 15.6 Å². The summed E-state index contributed by atoms with van der Waals surface area (Å²) >= 11 is 6.84. The molecule has 0 unspecified atom stereocenters. The van der Waals surface area contributed by atoms with Gasteiger partial charge in [0, 0.05) is 17.2 Å². The van der Waals surface area contributed by atoms with E-state index in [2.05, 4.69) is 21.3 Å². The number of para-hydroxylation sites is 1. The van der Waals surface area contributed by atoms with Gasteiger partial charge in [-0.1, -0.05) is 36.4 Å². The number of thioether (sulfide) groups is 1. The van der Waals surface area contributed by atoms with E-state index in [1.54, 1.807) is 11.8 Å². The first kappa shape index (κ1) is 19.7. The van der Waals surface area contributed by atoms with E-state index in [9.17, 15) is 9.90 Å². The zero-order valence-corrected chi connectivity index (χ0v) is 16.5. The van der Waals surface area contributed by atoms with Crippen LogP contribution in [0.5, 0.6) is 5.75 Å². The SMILES string of the molecule is O=C(NNC(=S)NCCSc1ccccc1)c1nn(-c2ccccc2)cc1O. The van der Waals surface area contributed by atoms with Crippen molar-refractivity contribution in [1.82, 2.24) is 25.9 Å². The van der Waals surface area contributed by atoms with Crippen LogP contribution in [0.2, 0.25) is 0 Å². The van der Waals surface area contributed by atoms with Gasteiger partial charge in [-0.05, 0) is 36.5 Å². The number of nitrogens with one attached hydrogen (secondary N) is 3. The van der Waals surface area contributed by atoms with Crippen LogP contribution in [0.1, 0.15) is 10.5 Å². The van der Waals surface area contributed by atoms with Crippen LogP contribution in [0.4, 0.5) is 0 Å². The van der Waals surface area contributed by atoms with E-state index >= 15 is 0 Å². The predicted octanol–water partition coefficient (Wildman–Crippen LogP) is 2.48. The summed E-state index contributed by atoms with van der Waals surface area (Å²) in [6.45, 7) is 0.634. The molecule has 0 radical (unpaired) electrons.